The molecule has 0 aliphatic carbocycles. The number of non-ortho nitro benzene ring substituents is 3. The van der Waals surface area contributed by atoms with Crippen LogP contribution in [0.25, 0.3) is 18.2 Å². The van der Waals surface area contributed by atoms with E-state index in [1.54, 1.807) is 75.9 Å². The molecule has 0 aliphatic rings. The molecule has 0 spiro atoms. The Morgan fingerprint density at radius 1 is 0.481 bits per heavy atom. The quantitative estimate of drug-likeness (QED) is 0.0433. The van der Waals surface area contributed by atoms with Gasteiger partial charge in [0.25, 0.3) is 17.1 Å². The highest BCUT2D eigenvalue weighted by atomic mass is 35.5. The average Bonchev–Trinajstić information content (AvgIpc) is 3.37. The number of nitro benzene ring substituents is 3. The van der Waals surface area contributed by atoms with Crippen molar-refractivity contribution >= 4 is 65.4 Å². The number of pyridine rings is 3. The second kappa shape index (κ2) is 44.0. The van der Waals surface area contributed by atoms with E-state index in [-0.39, 0.29) is 72.4 Å². The topological polar surface area (TPSA) is 276 Å². The Hall–Kier alpha value is -9.17. The Morgan fingerprint density at radius 2 is 0.747 bits per heavy atom. The zero-order valence-electron chi connectivity index (χ0n) is 42.4. The highest BCUT2D eigenvalue weighted by molar-refractivity contribution is 5.92. The van der Waals surface area contributed by atoms with E-state index in [1.807, 2.05) is 41.5 Å². The number of carbonyl (C=O) groups excluding carboxylic acids is 2. The molecule has 6 aromatic rings. The maximum Gasteiger partial charge on any atom is 0.331 e. The van der Waals surface area contributed by atoms with Gasteiger partial charge >= 0.3 is 11.9 Å². The molecule has 3 aromatic carbocycles. The minimum absolute atomic E-state index is 0. The highest BCUT2D eigenvalue weighted by Crippen LogP contribution is 2.30. The first kappa shape index (κ1) is 81.2. The largest absolute Gasteiger partial charge is 0.478 e. The molecule has 0 aliphatic heterocycles. The van der Waals surface area contributed by atoms with Crippen molar-refractivity contribution in [2.24, 2.45) is 0 Å². The number of allylic oxidation sites excluding steroid dienone is 1. The predicted molar refractivity (Wildman–Crippen MR) is 318 cm³/mol. The van der Waals surface area contributed by atoms with Gasteiger partial charge in [-0.2, -0.15) is 0 Å². The lowest BCUT2D eigenvalue weighted by molar-refractivity contribution is -0.385. The first-order valence-corrected chi connectivity index (χ1v) is 22.5. The van der Waals surface area contributed by atoms with E-state index in [0.717, 1.165) is 6.08 Å². The van der Waals surface area contributed by atoms with E-state index in [4.69, 9.17) is 24.1 Å². The number of aliphatic carboxylic acids is 1. The Labute approximate surface area is 471 Å². The van der Waals surface area contributed by atoms with Crippen LogP contribution in [0.1, 0.15) is 123 Å². The van der Waals surface area contributed by atoms with E-state index in [9.17, 15) is 44.7 Å². The summed E-state index contributed by atoms with van der Waals surface area (Å²) in [5.41, 5.74) is 1.06. The van der Waals surface area contributed by atoms with Crippen molar-refractivity contribution in [3.63, 3.8) is 0 Å². The molecular formula is C58H79ClN6O14. The Balaban J connectivity index is -0.000000233. The summed E-state index contributed by atoms with van der Waals surface area (Å²) in [5, 5.41) is 40.5. The lowest BCUT2D eigenvalue weighted by Gasteiger charge is -2.17. The fourth-order valence-corrected chi connectivity index (χ4v) is 4.99. The standard InChI is InChI=1S/C18H18N2O5.C15H12N2O4.C14H10N2O5.3C2H6.5CH4.ClH/c1-18(2,3)25-17(21)9-4-13-12-19-11-10-16(13)24-15-7-5-14(6-8-15)20(22)23;1-11(18)2-3-12-10-16-9-8-15(12)21-14-6-4-13(5-7-14)17(19)20;17-14(18)6-1-10-9-15-8-7-13(10)21-12-4-2-11(3-5-12)16(19)20;3*1-2;;;;;;/h4-12H,1-3H3;2-10H,1H3;1-9H,(H,17,18);3*1-2H3;5*1H4;1H/b9-4+;3-2+;6-1+;;;;;;;;;. The van der Waals surface area contributed by atoms with Gasteiger partial charge in [-0.15, -0.1) is 12.4 Å². The van der Waals surface area contributed by atoms with Crippen molar-refractivity contribution in [3.8, 4) is 34.5 Å². The van der Waals surface area contributed by atoms with Gasteiger partial charge in [0.2, 0.25) is 0 Å². The van der Waals surface area contributed by atoms with Gasteiger partial charge in [0, 0.05) is 102 Å². The van der Waals surface area contributed by atoms with Gasteiger partial charge in [-0.3, -0.25) is 50.1 Å². The number of hydrogen-bond donors (Lipinski definition) is 1. The Morgan fingerprint density at radius 3 is 0.987 bits per heavy atom. The number of esters is 1. The number of ether oxygens (including phenoxy) is 4. The van der Waals surface area contributed by atoms with E-state index < -0.39 is 32.3 Å². The third-order valence-electron chi connectivity index (χ3n) is 7.97. The second-order valence-electron chi connectivity index (χ2n) is 14.3. The van der Waals surface area contributed by atoms with Crippen LogP contribution in [-0.4, -0.2) is 58.2 Å². The van der Waals surface area contributed by atoms with Crippen molar-refractivity contribution in [3.05, 3.63) is 193 Å². The third kappa shape index (κ3) is 32.1. The Bertz CT molecular complexity index is 2680. The van der Waals surface area contributed by atoms with Crippen LogP contribution in [0.4, 0.5) is 17.1 Å². The highest BCUT2D eigenvalue weighted by Gasteiger charge is 2.15. The summed E-state index contributed by atoms with van der Waals surface area (Å²) in [5.74, 6) is 1.03. The molecule has 0 amide bonds. The zero-order valence-corrected chi connectivity index (χ0v) is 43.3. The summed E-state index contributed by atoms with van der Waals surface area (Å²) >= 11 is 0. The van der Waals surface area contributed by atoms with E-state index in [1.165, 1.54) is 110 Å². The van der Waals surface area contributed by atoms with E-state index >= 15 is 0 Å². The summed E-state index contributed by atoms with van der Waals surface area (Å²) in [6.07, 6.45) is 17.4. The van der Waals surface area contributed by atoms with Crippen molar-refractivity contribution in [1.29, 1.82) is 0 Å². The predicted octanol–water partition coefficient (Wildman–Crippen LogP) is 17.1. The van der Waals surface area contributed by atoms with Gasteiger partial charge in [0.05, 0.1) is 14.8 Å². The first-order valence-electron chi connectivity index (χ1n) is 22.5. The van der Waals surface area contributed by atoms with Crippen molar-refractivity contribution in [2.45, 2.75) is 112 Å². The molecular weight excluding hydrogens is 1040 g/mol. The van der Waals surface area contributed by atoms with Gasteiger partial charge in [-0.05, 0) is 107 Å². The summed E-state index contributed by atoms with van der Waals surface area (Å²) < 4.78 is 22.1. The normalized spacial score (nSPS) is 9.39. The summed E-state index contributed by atoms with van der Waals surface area (Å²) in [6.45, 7) is 18.8. The Kier molecular flexibility index (Phi) is 45.2. The lowest BCUT2D eigenvalue weighted by Crippen LogP contribution is -2.22. The van der Waals surface area contributed by atoms with Gasteiger partial charge < -0.3 is 24.1 Å². The zero-order chi connectivity index (χ0) is 54.9. The SMILES string of the molecule is C.C.C.C.C.CC.CC.CC.CC(=O)/C=C/c1cnccc1Oc1ccc([N+](=O)[O-])cc1.CC(C)(C)OC(=O)/C=C/c1cnccc1Oc1ccc([N+](=O)[O-])cc1.Cl.O=C(O)/C=C/c1cnccc1Oc1ccc([N+](=O)[O-])cc1. The number of carboxylic acids is 1. The van der Waals surface area contributed by atoms with Crippen LogP contribution in [-0.2, 0) is 19.1 Å². The molecule has 0 bridgehead atoms. The maximum absolute atomic E-state index is 11.8. The molecule has 3 aromatic heterocycles. The fourth-order valence-electron chi connectivity index (χ4n) is 4.99. The van der Waals surface area contributed by atoms with Crippen molar-refractivity contribution in [2.75, 3.05) is 0 Å². The smallest absolute Gasteiger partial charge is 0.331 e. The molecule has 0 fully saturated rings. The lowest BCUT2D eigenvalue weighted by atomic mass is 10.2. The number of nitro groups is 3. The van der Waals surface area contributed by atoms with Crippen LogP contribution in [0.15, 0.2) is 146 Å². The van der Waals surface area contributed by atoms with Gasteiger partial charge in [-0.25, -0.2) is 9.59 Å². The molecule has 3 heterocycles. The van der Waals surface area contributed by atoms with Crippen LogP contribution in [0.3, 0.4) is 0 Å². The summed E-state index contributed by atoms with van der Waals surface area (Å²) in [6, 6.07) is 21.9. The number of carboxylic acid groups (broad SMARTS) is 1. The summed E-state index contributed by atoms with van der Waals surface area (Å²) in [4.78, 5) is 75.5. The summed E-state index contributed by atoms with van der Waals surface area (Å²) in [7, 11) is 0. The molecule has 0 atom stereocenters. The number of carbonyl (C=O) groups is 3. The van der Waals surface area contributed by atoms with Crippen LogP contribution in [0.5, 0.6) is 34.5 Å². The minimum Gasteiger partial charge on any atom is -0.478 e. The van der Waals surface area contributed by atoms with Crippen LogP contribution < -0.4 is 14.2 Å². The average molecular weight is 1120 g/mol. The van der Waals surface area contributed by atoms with Crippen LogP contribution in [0.2, 0.25) is 0 Å². The molecule has 79 heavy (non-hydrogen) atoms. The van der Waals surface area contributed by atoms with Crippen LogP contribution in [0, 0.1) is 30.3 Å². The molecule has 432 valence electrons. The molecule has 20 nitrogen and oxygen atoms in total. The maximum atomic E-state index is 11.8. The minimum atomic E-state index is -1.08. The third-order valence-corrected chi connectivity index (χ3v) is 7.97. The molecule has 0 unspecified atom stereocenters. The fraction of sp³-hybridized carbons (Fsp3) is 0.276. The van der Waals surface area contributed by atoms with E-state index in [2.05, 4.69) is 15.0 Å². The van der Waals surface area contributed by atoms with Crippen molar-refractivity contribution in [1.82, 2.24) is 15.0 Å². The number of benzene rings is 3. The molecule has 0 saturated carbocycles. The molecule has 1 N–H and O–H groups in total. The number of hydrogen-bond acceptors (Lipinski definition) is 16. The number of rotatable bonds is 15. The van der Waals surface area contributed by atoms with Gasteiger partial charge in [-0.1, -0.05) is 78.7 Å². The number of ketones is 1. The molecule has 0 radical (unpaired) electrons. The van der Waals surface area contributed by atoms with Gasteiger partial charge in [0.15, 0.2) is 5.78 Å². The molecule has 0 saturated heterocycles. The molecule has 21 heteroatoms. The monoisotopic (exact) mass is 1120 g/mol. The number of aromatic nitrogens is 3. The van der Waals surface area contributed by atoms with Crippen LogP contribution >= 0.6 is 12.4 Å². The van der Waals surface area contributed by atoms with Crippen molar-refractivity contribution < 1.29 is 53.2 Å². The molecule has 6 rings (SSSR count). The van der Waals surface area contributed by atoms with E-state index in [0.29, 0.717) is 51.2 Å². The number of nitrogens with zero attached hydrogens (tertiary/aromatic N) is 6. The van der Waals surface area contributed by atoms with Gasteiger partial charge in [0.1, 0.15) is 40.1 Å². The number of halogens is 1. The first-order chi connectivity index (χ1) is 34.9. The second-order valence-corrected chi connectivity index (χ2v) is 14.3.